The molecule has 2 aromatic heterocycles. The average Bonchev–Trinajstić information content (AvgIpc) is 3.85. The highest BCUT2D eigenvalue weighted by Crippen LogP contribution is 2.57. The van der Waals surface area contributed by atoms with Crippen LogP contribution in [-0.4, -0.2) is 42.9 Å². The first-order valence-electron chi connectivity index (χ1n) is 19.5. The van der Waals surface area contributed by atoms with E-state index in [9.17, 15) is 29.7 Å². The number of carbonyl (C=O) groups is 3. The molecule has 7 aromatic rings. The lowest BCUT2D eigenvalue weighted by molar-refractivity contribution is 0.0866. The number of amides is 2. The van der Waals surface area contributed by atoms with Gasteiger partial charge in [0, 0.05) is 45.1 Å². The first-order valence-corrected chi connectivity index (χ1v) is 24.8. The maximum absolute atomic E-state index is 14.6. The number of pyridine rings is 2. The molecule has 0 saturated heterocycles. The minimum Gasteiger partial charge on any atom is -0.387 e. The molecule has 0 bridgehead atoms. The van der Waals surface area contributed by atoms with Gasteiger partial charge in [0.25, 0.3) is 11.8 Å². The zero-order valence-electron chi connectivity index (χ0n) is 33.6. The van der Waals surface area contributed by atoms with Crippen LogP contribution in [0.5, 0.6) is 0 Å². The minimum atomic E-state index is -1.80. The van der Waals surface area contributed by atoms with Crippen LogP contribution in [0.15, 0.2) is 36.4 Å². The first-order chi connectivity index (χ1) is 32.5. The molecule has 0 saturated carbocycles. The van der Waals surface area contributed by atoms with E-state index in [0.717, 1.165) is 9.80 Å². The number of anilines is 2. The highest BCUT2D eigenvalue weighted by molar-refractivity contribution is 6.57. The van der Waals surface area contributed by atoms with E-state index in [1.54, 1.807) is 19.1 Å². The maximum Gasteiger partial charge on any atom is 0.267 e. The summed E-state index contributed by atoms with van der Waals surface area (Å²) in [5.74, 6) is -3.88. The van der Waals surface area contributed by atoms with Crippen molar-refractivity contribution in [2.24, 2.45) is 0 Å². The highest BCUT2D eigenvalue weighted by Gasteiger charge is 2.48. The largest absolute Gasteiger partial charge is 0.387 e. The van der Waals surface area contributed by atoms with Crippen LogP contribution in [0.1, 0.15) is 94.8 Å². The maximum atomic E-state index is 14.6. The van der Waals surface area contributed by atoms with Crippen molar-refractivity contribution in [2.75, 3.05) is 9.80 Å². The molecule has 10 nitrogen and oxygen atoms in total. The van der Waals surface area contributed by atoms with Gasteiger partial charge in [0.15, 0.2) is 18.2 Å². The topological polar surface area (TPSA) is 144 Å². The lowest BCUT2D eigenvalue weighted by Gasteiger charge is -2.31. The standard InChI is InChI=1S/C45H18Cl14N4O6/c1-9-2-3-12-36(60-9)14(46)7-10(38(12)62-42(66)20-21(43(62)67)27(51)33(57)32(56)26(20)50)6-11-8-15(47)37-13(39(11)63-44(68)22-23(45(63)69)29(53)35(59)34(58)28(22)52)4-5-16(61-37)17-40(64)18-19(41(17)65)25(49)31(55)30(54)24(18)48/h2-5,7-8,17,40,44-45,64,68-69H,6H2,1H3. The summed E-state index contributed by atoms with van der Waals surface area (Å²) >= 11 is 92.1. The van der Waals surface area contributed by atoms with Crippen LogP contribution in [-0.2, 0) is 6.42 Å². The first kappa shape index (κ1) is 50.0. The van der Waals surface area contributed by atoms with E-state index in [4.69, 9.17) is 167 Å². The zero-order valence-corrected chi connectivity index (χ0v) is 44.2. The Bertz CT molecular complexity index is 3530. The van der Waals surface area contributed by atoms with Gasteiger partial charge in [-0.05, 0) is 54.4 Å². The summed E-state index contributed by atoms with van der Waals surface area (Å²) in [4.78, 5) is 54.7. The molecule has 2 aliphatic heterocycles. The number of halogens is 14. The Morgan fingerprint density at radius 1 is 0.507 bits per heavy atom. The zero-order chi connectivity index (χ0) is 49.9. The van der Waals surface area contributed by atoms with E-state index in [-0.39, 0.29) is 160 Å². The van der Waals surface area contributed by atoms with Crippen LogP contribution in [0.25, 0.3) is 21.8 Å². The van der Waals surface area contributed by atoms with Crippen LogP contribution in [0.3, 0.4) is 0 Å². The van der Waals surface area contributed by atoms with Gasteiger partial charge in [-0.1, -0.05) is 162 Å². The summed E-state index contributed by atoms with van der Waals surface area (Å²) < 4.78 is 0. The predicted molar refractivity (Wildman–Crippen MR) is 276 cm³/mol. The van der Waals surface area contributed by atoms with Crippen molar-refractivity contribution in [1.82, 2.24) is 9.97 Å². The van der Waals surface area contributed by atoms with Crippen molar-refractivity contribution in [3.8, 4) is 0 Å². The molecule has 4 heterocycles. The van der Waals surface area contributed by atoms with E-state index in [2.05, 4.69) is 4.98 Å². The van der Waals surface area contributed by atoms with E-state index in [1.165, 1.54) is 24.3 Å². The van der Waals surface area contributed by atoms with Crippen molar-refractivity contribution >= 4 is 213 Å². The lowest BCUT2D eigenvalue weighted by atomic mass is 9.94. The van der Waals surface area contributed by atoms with Crippen molar-refractivity contribution in [1.29, 1.82) is 0 Å². The number of ketones is 1. The quantitative estimate of drug-likeness (QED) is 0.0871. The van der Waals surface area contributed by atoms with Gasteiger partial charge in [-0.2, -0.15) is 0 Å². The van der Waals surface area contributed by atoms with Crippen molar-refractivity contribution in [3.05, 3.63) is 163 Å². The molecule has 69 heavy (non-hydrogen) atoms. The molecule has 2 amide bonds. The van der Waals surface area contributed by atoms with Crippen LogP contribution < -0.4 is 9.80 Å². The summed E-state index contributed by atoms with van der Waals surface area (Å²) in [7, 11) is 0. The van der Waals surface area contributed by atoms with Crippen LogP contribution in [0, 0.1) is 6.92 Å². The number of fused-ring (bicyclic) bond motifs is 5. The van der Waals surface area contributed by atoms with E-state index in [0.29, 0.717) is 5.69 Å². The number of hydrogen-bond acceptors (Lipinski definition) is 9. The molecular weight excluding hydrogens is 1190 g/mol. The number of aromatic nitrogens is 2. The number of Topliss-reactive ketones (excluding diaryl/α,β-unsaturated/α-hetero) is 1. The summed E-state index contributed by atoms with van der Waals surface area (Å²) in [6, 6.07) is 9.10. The summed E-state index contributed by atoms with van der Waals surface area (Å²) in [6.07, 6.45) is -5.49. The third kappa shape index (κ3) is 7.19. The van der Waals surface area contributed by atoms with Crippen LogP contribution in [0.2, 0.25) is 70.3 Å². The molecular formula is C45H18Cl14N4O6. The van der Waals surface area contributed by atoms with E-state index >= 15 is 0 Å². The Morgan fingerprint density at radius 2 is 0.928 bits per heavy atom. The van der Waals surface area contributed by atoms with Crippen LogP contribution in [0.4, 0.5) is 11.4 Å². The average molecular weight is 1210 g/mol. The fourth-order valence-electron chi connectivity index (χ4n) is 9.23. The molecule has 24 heteroatoms. The summed E-state index contributed by atoms with van der Waals surface area (Å²) in [5.41, 5.74) is 0.223. The Morgan fingerprint density at radius 3 is 1.45 bits per heavy atom. The Labute approximate surface area is 458 Å². The molecule has 4 unspecified atom stereocenters. The van der Waals surface area contributed by atoms with Gasteiger partial charge in [0.2, 0.25) is 0 Å². The molecule has 1 aliphatic carbocycles. The van der Waals surface area contributed by atoms with Gasteiger partial charge in [-0.3, -0.25) is 24.4 Å². The predicted octanol–water partition coefficient (Wildman–Crippen LogP) is 16.1. The third-order valence-corrected chi connectivity index (χ3v) is 18.3. The Balaban J connectivity index is 1.22. The van der Waals surface area contributed by atoms with Gasteiger partial charge in [-0.15, -0.1) is 0 Å². The minimum absolute atomic E-state index is 0.00109. The number of rotatable bonds is 5. The molecule has 3 N–H and O–H groups in total. The van der Waals surface area contributed by atoms with Gasteiger partial charge in [-0.25, -0.2) is 4.90 Å². The molecule has 4 atom stereocenters. The monoisotopic (exact) mass is 1200 g/mol. The number of imide groups is 1. The molecule has 10 rings (SSSR count). The summed E-state index contributed by atoms with van der Waals surface area (Å²) in [6.45, 7) is 1.72. The number of aliphatic hydroxyl groups excluding tert-OH is 3. The fourth-order valence-corrected chi connectivity index (χ4v) is 12.9. The normalized spacial score (nSPS) is 18.7. The molecule has 5 aromatic carbocycles. The fraction of sp³-hybridized carbons (Fsp3) is 0.133. The second-order valence-electron chi connectivity index (χ2n) is 15.9. The second-order valence-corrected chi connectivity index (χ2v) is 21.3. The Hall–Kier alpha value is -2.53. The molecule has 3 aliphatic rings. The molecule has 0 spiro atoms. The summed E-state index contributed by atoms with van der Waals surface area (Å²) in [5, 5.41) is 33.9. The van der Waals surface area contributed by atoms with Crippen molar-refractivity contribution in [3.63, 3.8) is 0 Å². The van der Waals surface area contributed by atoms with Gasteiger partial charge in [0.05, 0.1) is 122 Å². The number of carbonyl (C=O) groups excluding carboxylic acids is 3. The SMILES string of the molecule is Cc1ccc2c(N3C(=O)c4c(Cl)c(Cl)c(Cl)c(Cl)c4C3=O)c(Cc3cc(Cl)c4nc(C5C(=O)c6c(Cl)c(Cl)c(Cl)c(Cl)c6C5O)ccc4c3N3C(O)c4c(Cl)c(Cl)c(Cl)c(Cl)c4C3O)cc(Cl)c2n1. The van der Waals surface area contributed by atoms with E-state index in [1.807, 2.05) is 0 Å². The number of nitrogens with zero attached hydrogens (tertiary/aromatic N) is 4. The van der Waals surface area contributed by atoms with Crippen molar-refractivity contribution in [2.45, 2.75) is 37.8 Å². The lowest BCUT2D eigenvalue weighted by Crippen LogP contribution is -2.31. The third-order valence-electron chi connectivity index (χ3n) is 12.2. The number of hydrogen-bond donors (Lipinski definition) is 3. The smallest absolute Gasteiger partial charge is 0.267 e. The highest BCUT2D eigenvalue weighted by atomic mass is 35.5. The van der Waals surface area contributed by atoms with Gasteiger partial charge >= 0.3 is 0 Å². The van der Waals surface area contributed by atoms with E-state index < -0.39 is 42.1 Å². The molecule has 352 valence electrons. The van der Waals surface area contributed by atoms with Crippen molar-refractivity contribution < 1.29 is 29.7 Å². The number of benzene rings is 5. The molecule has 0 fully saturated rings. The number of aliphatic hydroxyl groups is 3. The van der Waals surface area contributed by atoms with Gasteiger partial charge < -0.3 is 20.2 Å². The van der Waals surface area contributed by atoms with Crippen LogP contribution >= 0.6 is 162 Å². The molecule has 0 radical (unpaired) electrons. The number of aryl methyl sites for hydroxylation is 1. The second kappa shape index (κ2) is 17.8. The van der Waals surface area contributed by atoms with Gasteiger partial charge in [0.1, 0.15) is 0 Å². The Kier molecular flexibility index (Phi) is 12.9.